The third-order valence-corrected chi connectivity index (χ3v) is 5.95. The zero-order valence-corrected chi connectivity index (χ0v) is 11.9. The first kappa shape index (κ1) is 14.3. The number of sulfone groups is 1. The van der Waals surface area contributed by atoms with Gasteiger partial charge in [0.1, 0.15) is 5.75 Å². The van der Waals surface area contributed by atoms with E-state index in [4.69, 9.17) is 0 Å². The monoisotopic (exact) mass is 288 g/mol. The molecule has 0 atom stereocenters. The Bertz CT molecular complexity index is 462. The molecule has 0 aromatic rings. The maximum atomic E-state index is 12.0. The van der Waals surface area contributed by atoms with Crippen molar-refractivity contribution in [3.05, 3.63) is 0 Å². The van der Waals surface area contributed by atoms with Crippen molar-refractivity contribution in [3.63, 3.8) is 0 Å². The summed E-state index contributed by atoms with van der Waals surface area (Å²) in [6.45, 7) is 0.986. The fourth-order valence-corrected chi connectivity index (χ4v) is 4.07. The van der Waals surface area contributed by atoms with E-state index in [9.17, 15) is 18.0 Å². The largest absolute Gasteiger partial charge is 0.358 e. The first-order chi connectivity index (χ1) is 8.94. The van der Waals surface area contributed by atoms with E-state index in [1.54, 1.807) is 4.90 Å². The molecule has 0 aromatic heterocycles. The van der Waals surface area contributed by atoms with Crippen molar-refractivity contribution in [2.45, 2.75) is 30.9 Å². The molecule has 7 heteroatoms. The van der Waals surface area contributed by atoms with Crippen LogP contribution in [0.2, 0.25) is 0 Å². The van der Waals surface area contributed by atoms with E-state index in [1.165, 1.54) is 7.05 Å². The van der Waals surface area contributed by atoms with Gasteiger partial charge in [-0.15, -0.1) is 0 Å². The molecular formula is C12H20N2O4S. The Balaban J connectivity index is 1.88. The minimum Gasteiger partial charge on any atom is -0.358 e. The van der Waals surface area contributed by atoms with E-state index in [0.717, 1.165) is 12.8 Å². The molecule has 1 aliphatic carbocycles. The number of carbonyl (C=O) groups is 2. The Hall–Kier alpha value is -1.11. The van der Waals surface area contributed by atoms with E-state index in [-0.39, 0.29) is 11.8 Å². The van der Waals surface area contributed by atoms with Crippen LogP contribution in [0.4, 0.5) is 0 Å². The number of amides is 2. The molecule has 1 aliphatic heterocycles. The van der Waals surface area contributed by atoms with Crippen molar-refractivity contribution in [2.24, 2.45) is 5.92 Å². The third kappa shape index (κ3) is 3.46. The molecule has 1 N–H and O–H groups in total. The van der Waals surface area contributed by atoms with Gasteiger partial charge < -0.3 is 10.2 Å². The first-order valence-corrected chi connectivity index (χ1v) is 8.36. The van der Waals surface area contributed by atoms with E-state index >= 15 is 0 Å². The predicted octanol–water partition coefficient (Wildman–Crippen LogP) is -0.452. The van der Waals surface area contributed by atoms with Gasteiger partial charge in [-0.25, -0.2) is 8.42 Å². The number of carbonyl (C=O) groups excluding carboxylic acids is 2. The third-order valence-electron chi connectivity index (χ3n) is 3.80. The Labute approximate surface area is 113 Å². The standard InChI is InChI=1S/C12H20N2O4S/c1-13-11(15)8-19(17,18)10-4-6-14(7-5-10)12(16)9-2-3-9/h9-10H,2-8H2,1H3,(H,13,15). The van der Waals surface area contributed by atoms with Crippen LogP contribution in [0.1, 0.15) is 25.7 Å². The van der Waals surface area contributed by atoms with Crippen LogP contribution in [-0.2, 0) is 19.4 Å². The van der Waals surface area contributed by atoms with Crippen LogP contribution < -0.4 is 5.32 Å². The molecule has 2 rings (SSSR count). The van der Waals surface area contributed by atoms with Crippen LogP contribution in [0.3, 0.4) is 0 Å². The van der Waals surface area contributed by atoms with Crippen LogP contribution in [0.5, 0.6) is 0 Å². The Kier molecular flexibility index (Phi) is 4.13. The van der Waals surface area contributed by atoms with Crippen molar-refractivity contribution in [1.82, 2.24) is 10.2 Å². The highest BCUT2D eigenvalue weighted by atomic mass is 32.2. The molecule has 0 spiro atoms. The quantitative estimate of drug-likeness (QED) is 0.759. The Morgan fingerprint density at radius 3 is 2.21 bits per heavy atom. The van der Waals surface area contributed by atoms with Gasteiger partial charge >= 0.3 is 0 Å². The second-order valence-corrected chi connectivity index (χ2v) is 7.56. The number of piperidine rings is 1. The average molecular weight is 288 g/mol. The summed E-state index contributed by atoms with van der Waals surface area (Å²) in [6, 6.07) is 0. The molecule has 0 aromatic carbocycles. The topological polar surface area (TPSA) is 83.6 Å². The van der Waals surface area contributed by atoms with Gasteiger partial charge in [0.2, 0.25) is 11.8 Å². The van der Waals surface area contributed by atoms with Crippen molar-refractivity contribution in [1.29, 1.82) is 0 Å². The van der Waals surface area contributed by atoms with Crippen LogP contribution in [-0.4, -0.2) is 56.3 Å². The molecular weight excluding hydrogens is 268 g/mol. The van der Waals surface area contributed by atoms with Crippen molar-refractivity contribution in [2.75, 3.05) is 25.9 Å². The molecule has 108 valence electrons. The summed E-state index contributed by atoms with van der Waals surface area (Å²) < 4.78 is 24.0. The minimum atomic E-state index is -3.40. The van der Waals surface area contributed by atoms with Gasteiger partial charge in [0.15, 0.2) is 9.84 Å². The fraction of sp³-hybridized carbons (Fsp3) is 0.833. The molecule has 2 fully saturated rings. The second kappa shape index (κ2) is 5.48. The maximum absolute atomic E-state index is 12.0. The lowest BCUT2D eigenvalue weighted by atomic mass is 10.1. The van der Waals surface area contributed by atoms with Crippen LogP contribution in [0.15, 0.2) is 0 Å². The zero-order chi connectivity index (χ0) is 14.0. The number of hydrogen-bond donors (Lipinski definition) is 1. The summed E-state index contributed by atoms with van der Waals surface area (Å²) in [6.07, 6.45) is 2.82. The summed E-state index contributed by atoms with van der Waals surface area (Å²) in [4.78, 5) is 24.8. The zero-order valence-electron chi connectivity index (χ0n) is 11.1. The van der Waals surface area contributed by atoms with Gasteiger partial charge in [-0.3, -0.25) is 9.59 Å². The number of nitrogens with one attached hydrogen (secondary N) is 1. The smallest absolute Gasteiger partial charge is 0.234 e. The molecule has 1 saturated heterocycles. The summed E-state index contributed by atoms with van der Waals surface area (Å²) in [5, 5.41) is 1.84. The lowest BCUT2D eigenvalue weighted by Gasteiger charge is -2.31. The number of likely N-dealkylation sites (tertiary alicyclic amines) is 1. The highest BCUT2D eigenvalue weighted by Gasteiger charge is 2.37. The molecule has 0 bridgehead atoms. The van der Waals surface area contributed by atoms with E-state index in [0.29, 0.717) is 25.9 Å². The molecule has 2 aliphatic rings. The van der Waals surface area contributed by atoms with Gasteiger partial charge in [0.05, 0.1) is 5.25 Å². The fourth-order valence-electron chi connectivity index (χ4n) is 2.40. The van der Waals surface area contributed by atoms with Gasteiger partial charge in [0, 0.05) is 26.1 Å². The lowest BCUT2D eigenvalue weighted by Crippen LogP contribution is -2.44. The SMILES string of the molecule is CNC(=O)CS(=O)(=O)C1CCN(C(=O)C2CC2)CC1. The molecule has 19 heavy (non-hydrogen) atoms. The molecule has 0 radical (unpaired) electrons. The van der Waals surface area contributed by atoms with Gasteiger partial charge in [-0.2, -0.15) is 0 Å². The van der Waals surface area contributed by atoms with Crippen LogP contribution in [0.25, 0.3) is 0 Å². The van der Waals surface area contributed by atoms with Crippen LogP contribution >= 0.6 is 0 Å². The number of nitrogens with zero attached hydrogens (tertiary/aromatic N) is 1. The summed E-state index contributed by atoms with van der Waals surface area (Å²) >= 11 is 0. The average Bonchev–Trinajstić information content (AvgIpc) is 3.21. The van der Waals surface area contributed by atoms with E-state index in [1.807, 2.05) is 0 Å². The summed E-state index contributed by atoms with van der Waals surface area (Å²) in [7, 11) is -1.97. The minimum absolute atomic E-state index is 0.169. The van der Waals surface area contributed by atoms with E-state index in [2.05, 4.69) is 5.32 Å². The van der Waals surface area contributed by atoms with Crippen molar-refractivity contribution < 1.29 is 18.0 Å². The van der Waals surface area contributed by atoms with Gasteiger partial charge in [0.25, 0.3) is 0 Å². The van der Waals surface area contributed by atoms with E-state index < -0.39 is 26.7 Å². The highest BCUT2D eigenvalue weighted by molar-refractivity contribution is 7.92. The molecule has 6 nitrogen and oxygen atoms in total. The molecule has 2 amide bonds. The number of hydrogen-bond acceptors (Lipinski definition) is 4. The highest BCUT2D eigenvalue weighted by Crippen LogP contribution is 2.32. The molecule has 1 saturated carbocycles. The van der Waals surface area contributed by atoms with Gasteiger partial charge in [-0.1, -0.05) is 0 Å². The lowest BCUT2D eigenvalue weighted by molar-refractivity contribution is -0.133. The summed E-state index contributed by atoms with van der Waals surface area (Å²) in [5.41, 5.74) is 0. The number of rotatable bonds is 4. The van der Waals surface area contributed by atoms with Crippen LogP contribution in [0, 0.1) is 5.92 Å². The molecule has 0 unspecified atom stereocenters. The summed E-state index contributed by atoms with van der Waals surface area (Å²) in [5.74, 6) is -0.581. The van der Waals surface area contributed by atoms with Crippen molar-refractivity contribution in [3.8, 4) is 0 Å². The predicted molar refractivity (Wildman–Crippen MR) is 70.2 cm³/mol. The Morgan fingerprint density at radius 1 is 1.16 bits per heavy atom. The maximum Gasteiger partial charge on any atom is 0.234 e. The normalized spacial score (nSPS) is 21.2. The Morgan fingerprint density at radius 2 is 1.74 bits per heavy atom. The second-order valence-electron chi connectivity index (χ2n) is 5.28. The van der Waals surface area contributed by atoms with Gasteiger partial charge in [-0.05, 0) is 25.7 Å². The van der Waals surface area contributed by atoms with Crippen molar-refractivity contribution >= 4 is 21.7 Å². The first-order valence-electron chi connectivity index (χ1n) is 6.65. The molecule has 1 heterocycles.